The van der Waals surface area contributed by atoms with Crippen LogP contribution in [0.3, 0.4) is 0 Å². The van der Waals surface area contributed by atoms with Crippen molar-refractivity contribution in [3.05, 3.63) is 110 Å². The topological polar surface area (TPSA) is 127 Å². The van der Waals surface area contributed by atoms with Gasteiger partial charge in [0.05, 0.1) is 26.8 Å². The lowest BCUT2D eigenvalue weighted by molar-refractivity contribution is -0.384. The van der Waals surface area contributed by atoms with Gasteiger partial charge in [0.25, 0.3) is 23.4 Å². The lowest BCUT2D eigenvalue weighted by atomic mass is 9.78. The third-order valence-corrected chi connectivity index (χ3v) is 7.98. The summed E-state index contributed by atoms with van der Waals surface area (Å²) in [6.07, 6.45) is 4.07. The Bertz CT molecular complexity index is 1620. The van der Waals surface area contributed by atoms with Gasteiger partial charge >= 0.3 is 0 Å². The number of carbonyl (C=O) groups excluding carboxylic acids is 4. The number of nitro groups is 1. The number of hydrogen-bond acceptors (Lipinski definition) is 7. The molecule has 3 aromatic carbocycles. The minimum Gasteiger partial charge on any atom is -0.457 e. The Morgan fingerprint density at radius 2 is 1.57 bits per heavy atom. The molecule has 0 spiro atoms. The number of hydrazine groups is 1. The second-order valence-corrected chi connectivity index (χ2v) is 10.8. The monoisotopic (exact) mass is 607 g/mol. The minimum atomic E-state index is -0.763. The quantitative estimate of drug-likeness (QED) is 0.0990. The number of fused-ring (bicyclic) bond motifs is 1. The van der Waals surface area contributed by atoms with Gasteiger partial charge in [-0.2, -0.15) is 5.01 Å². The predicted octanol–water partition coefficient (Wildman–Crippen LogP) is 6.13. The lowest BCUT2D eigenvalue weighted by Gasteiger charge is -2.30. The molecule has 1 fully saturated rings. The van der Waals surface area contributed by atoms with Crippen LogP contribution in [0.1, 0.15) is 34.1 Å². The number of carbonyl (C=O) groups is 4. The van der Waals surface area contributed by atoms with E-state index in [1.807, 2.05) is 19.1 Å². The number of Topliss-reactive ketones (excluding diaryl/α,β-unsaturated/α-hetero) is 1. The molecular formula is C30H23Cl2N3O7. The van der Waals surface area contributed by atoms with Crippen LogP contribution in [-0.2, 0) is 9.59 Å². The number of ketones is 1. The molecule has 0 radical (unpaired) electrons. The van der Waals surface area contributed by atoms with Crippen LogP contribution in [0.15, 0.2) is 78.9 Å². The first-order valence-corrected chi connectivity index (χ1v) is 13.7. The van der Waals surface area contributed by atoms with Gasteiger partial charge in [0.1, 0.15) is 18.0 Å². The van der Waals surface area contributed by atoms with Gasteiger partial charge in [0, 0.05) is 23.3 Å². The van der Waals surface area contributed by atoms with Crippen molar-refractivity contribution < 1.29 is 28.8 Å². The molecule has 3 amide bonds. The Morgan fingerprint density at radius 1 is 0.952 bits per heavy atom. The van der Waals surface area contributed by atoms with E-state index in [1.165, 1.54) is 66.7 Å². The Kier molecular flexibility index (Phi) is 8.11. The summed E-state index contributed by atoms with van der Waals surface area (Å²) in [5, 5.41) is 12.8. The number of halogens is 2. The number of rotatable bonds is 8. The van der Waals surface area contributed by atoms with Gasteiger partial charge < -0.3 is 4.74 Å². The summed E-state index contributed by atoms with van der Waals surface area (Å²) >= 11 is 12.1. The molecule has 1 saturated heterocycles. The molecule has 5 rings (SSSR count). The molecular weight excluding hydrogens is 585 g/mol. The zero-order valence-corrected chi connectivity index (χ0v) is 23.6. The van der Waals surface area contributed by atoms with Crippen molar-refractivity contribution in [2.75, 3.05) is 6.54 Å². The van der Waals surface area contributed by atoms with Crippen molar-refractivity contribution >= 4 is 52.4 Å². The fourth-order valence-electron chi connectivity index (χ4n) is 5.09. The van der Waals surface area contributed by atoms with Crippen LogP contribution in [0, 0.1) is 27.9 Å². The number of imide groups is 1. The SMILES string of the molecule is C[C@@H]1C=CC[C@H]2C(=O)N(N(CC(=O)c3ccc(Oc4ccc([N+](=O)[O-])cc4)cc3)C(=O)c3ccc(Cl)c(Cl)c3)C(=O)[C@H]12. The van der Waals surface area contributed by atoms with Gasteiger partial charge in [-0.05, 0) is 66.9 Å². The summed E-state index contributed by atoms with van der Waals surface area (Å²) in [4.78, 5) is 64.4. The molecule has 3 atom stereocenters. The molecule has 12 heteroatoms. The largest absolute Gasteiger partial charge is 0.457 e. The molecule has 42 heavy (non-hydrogen) atoms. The molecule has 10 nitrogen and oxygen atoms in total. The average Bonchev–Trinajstić information content (AvgIpc) is 3.23. The molecule has 2 aliphatic rings. The van der Waals surface area contributed by atoms with E-state index in [-0.39, 0.29) is 32.8 Å². The van der Waals surface area contributed by atoms with E-state index in [1.54, 1.807) is 0 Å². The number of amides is 3. The highest BCUT2D eigenvalue weighted by Crippen LogP contribution is 2.39. The van der Waals surface area contributed by atoms with E-state index < -0.39 is 46.8 Å². The summed E-state index contributed by atoms with van der Waals surface area (Å²) < 4.78 is 5.69. The van der Waals surface area contributed by atoms with E-state index in [9.17, 15) is 29.3 Å². The Labute approximate surface area is 250 Å². The van der Waals surface area contributed by atoms with Crippen molar-refractivity contribution in [2.45, 2.75) is 13.3 Å². The maximum Gasteiger partial charge on any atom is 0.273 e. The molecule has 0 unspecified atom stereocenters. The summed E-state index contributed by atoms with van der Waals surface area (Å²) in [5.74, 6) is -3.16. The van der Waals surface area contributed by atoms with Crippen LogP contribution in [0.25, 0.3) is 0 Å². The maximum atomic E-state index is 13.7. The lowest BCUT2D eigenvalue weighted by Crippen LogP contribution is -2.52. The summed E-state index contributed by atoms with van der Waals surface area (Å²) in [5.41, 5.74) is 0.165. The van der Waals surface area contributed by atoms with Crippen LogP contribution in [0.5, 0.6) is 11.5 Å². The number of allylic oxidation sites excluding steroid dienone is 2. The van der Waals surface area contributed by atoms with Crippen LogP contribution in [-0.4, -0.2) is 45.0 Å². The smallest absolute Gasteiger partial charge is 0.273 e. The average molecular weight is 608 g/mol. The fourth-order valence-corrected chi connectivity index (χ4v) is 5.39. The van der Waals surface area contributed by atoms with E-state index in [0.29, 0.717) is 17.9 Å². The molecule has 1 aliphatic heterocycles. The van der Waals surface area contributed by atoms with Crippen LogP contribution in [0.2, 0.25) is 10.0 Å². The van der Waals surface area contributed by atoms with E-state index in [4.69, 9.17) is 27.9 Å². The standard InChI is InChI=1S/C30H23Cl2N3O7/c1-17-3-2-4-23-27(17)30(39)34(29(23)38)33(28(37)19-7-14-24(31)25(32)15-19)16-26(36)18-5-10-21(11-6-18)42-22-12-8-20(9-13-22)35(40)41/h2-3,5-15,17,23,27H,4,16H2,1H3/t17-,23-,27-/m1/s1. The van der Waals surface area contributed by atoms with Crippen molar-refractivity contribution in [1.29, 1.82) is 0 Å². The molecule has 0 N–H and O–H groups in total. The molecule has 0 saturated carbocycles. The predicted molar refractivity (Wildman–Crippen MR) is 153 cm³/mol. The zero-order chi connectivity index (χ0) is 30.1. The summed E-state index contributed by atoms with van der Waals surface area (Å²) in [7, 11) is 0. The van der Waals surface area contributed by atoms with Gasteiger partial charge in [0.15, 0.2) is 5.78 Å². The van der Waals surface area contributed by atoms with E-state index in [2.05, 4.69) is 0 Å². The van der Waals surface area contributed by atoms with Gasteiger partial charge in [-0.15, -0.1) is 0 Å². The van der Waals surface area contributed by atoms with E-state index >= 15 is 0 Å². The molecule has 0 bridgehead atoms. The third-order valence-electron chi connectivity index (χ3n) is 7.24. The highest BCUT2D eigenvalue weighted by Gasteiger charge is 2.53. The molecule has 3 aromatic rings. The first kappa shape index (κ1) is 29.0. The van der Waals surface area contributed by atoms with Gasteiger partial charge in [-0.3, -0.25) is 29.3 Å². The van der Waals surface area contributed by atoms with Crippen molar-refractivity contribution in [3.63, 3.8) is 0 Å². The molecule has 214 valence electrons. The first-order chi connectivity index (χ1) is 20.0. The summed E-state index contributed by atoms with van der Waals surface area (Å²) in [6.45, 7) is 1.24. The minimum absolute atomic E-state index is 0.0469. The Hall–Kier alpha value is -4.54. The van der Waals surface area contributed by atoms with Crippen LogP contribution in [0.4, 0.5) is 5.69 Å². The highest BCUT2D eigenvalue weighted by atomic mass is 35.5. The molecule has 0 aromatic heterocycles. The second kappa shape index (κ2) is 11.8. The van der Waals surface area contributed by atoms with Gasteiger partial charge in [0.2, 0.25) is 0 Å². The van der Waals surface area contributed by atoms with Crippen molar-refractivity contribution in [3.8, 4) is 11.5 Å². The first-order valence-electron chi connectivity index (χ1n) is 12.9. The Morgan fingerprint density at radius 3 is 2.17 bits per heavy atom. The Balaban J connectivity index is 1.39. The van der Waals surface area contributed by atoms with Crippen LogP contribution >= 0.6 is 23.2 Å². The molecule has 1 aliphatic carbocycles. The van der Waals surface area contributed by atoms with Crippen LogP contribution < -0.4 is 4.74 Å². The number of hydrogen-bond donors (Lipinski definition) is 0. The fraction of sp³-hybridized carbons (Fsp3) is 0.200. The highest BCUT2D eigenvalue weighted by molar-refractivity contribution is 6.42. The molecule has 1 heterocycles. The zero-order valence-electron chi connectivity index (χ0n) is 22.1. The number of benzene rings is 3. The number of non-ortho nitro benzene ring substituents is 1. The number of ether oxygens (including phenoxy) is 1. The van der Waals surface area contributed by atoms with Crippen molar-refractivity contribution in [1.82, 2.24) is 10.0 Å². The van der Waals surface area contributed by atoms with Gasteiger partial charge in [-0.25, -0.2) is 5.01 Å². The van der Waals surface area contributed by atoms with Gasteiger partial charge in [-0.1, -0.05) is 42.3 Å². The normalized spacial score (nSPS) is 19.4. The van der Waals surface area contributed by atoms with E-state index in [0.717, 1.165) is 10.0 Å². The second-order valence-electron chi connectivity index (χ2n) is 9.94. The van der Waals surface area contributed by atoms with Crippen molar-refractivity contribution in [2.24, 2.45) is 17.8 Å². The number of nitro benzene ring substituents is 1. The third kappa shape index (κ3) is 5.63. The summed E-state index contributed by atoms with van der Waals surface area (Å²) in [6, 6.07) is 15.6. The maximum absolute atomic E-state index is 13.7. The number of nitrogens with zero attached hydrogens (tertiary/aromatic N) is 3.